The van der Waals surface area contributed by atoms with Crippen LogP contribution in [0.15, 0.2) is 12.1 Å². The minimum Gasteiger partial charge on any atom is -0.456 e. The minimum atomic E-state index is -1.05. The number of rotatable bonds is 1. The molecule has 5 heteroatoms. The molecule has 0 aromatic heterocycles. The molecule has 0 aliphatic rings. The van der Waals surface area contributed by atoms with Crippen LogP contribution in [0.2, 0.25) is 0 Å². The first-order valence-corrected chi connectivity index (χ1v) is 5.66. The first kappa shape index (κ1) is 13.3. The second-order valence-electron chi connectivity index (χ2n) is 4.25. The molecule has 1 aromatic rings. The standard InChI is InChI=1S/C11H11F2IO2/c1-11(2,3)16-10(15)6-4-7(12)8(13)5-9(6)14/h4-5H,1-3H3. The third kappa shape index (κ3) is 3.40. The maximum atomic E-state index is 13.0. The monoisotopic (exact) mass is 340 g/mol. The van der Waals surface area contributed by atoms with Gasteiger partial charge in [-0.05, 0) is 55.5 Å². The van der Waals surface area contributed by atoms with E-state index in [1.165, 1.54) is 0 Å². The summed E-state index contributed by atoms with van der Waals surface area (Å²) in [6, 6.07) is 1.82. The number of ether oxygens (including phenoxy) is 1. The van der Waals surface area contributed by atoms with Gasteiger partial charge in [0.15, 0.2) is 11.6 Å². The minimum absolute atomic E-state index is 0.0365. The summed E-state index contributed by atoms with van der Waals surface area (Å²) < 4.78 is 31.2. The van der Waals surface area contributed by atoms with E-state index in [1.54, 1.807) is 43.4 Å². The number of esters is 1. The molecule has 1 aromatic carbocycles. The molecule has 2 nitrogen and oxygen atoms in total. The first-order chi connectivity index (χ1) is 7.20. The maximum Gasteiger partial charge on any atom is 0.339 e. The van der Waals surface area contributed by atoms with Gasteiger partial charge in [0.1, 0.15) is 5.60 Å². The predicted molar refractivity (Wildman–Crippen MR) is 64.2 cm³/mol. The molecule has 0 N–H and O–H groups in total. The molecule has 0 heterocycles. The van der Waals surface area contributed by atoms with E-state index in [9.17, 15) is 13.6 Å². The summed E-state index contributed by atoms with van der Waals surface area (Å²) in [4.78, 5) is 11.6. The first-order valence-electron chi connectivity index (χ1n) is 4.58. The molecular formula is C11H11F2IO2. The number of benzene rings is 1. The van der Waals surface area contributed by atoms with Crippen molar-refractivity contribution >= 4 is 28.6 Å². The number of hydrogen-bond donors (Lipinski definition) is 0. The van der Waals surface area contributed by atoms with Crippen LogP contribution in [-0.4, -0.2) is 11.6 Å². The molecule has 0 atom stereocenters. The lowest BCUT2D eigenvalue weighted by Gasteiger charge is -2.19. The zero-order chi connectivity index (χ0) is 12.5. The van der Waals surface area contributed by atoms with Crippen LogP contribution in [0.4, 0.5) is 8.78 Å². The number of carbonyl (C=O) groups excluding carboxylic acids is 1. The van der Waals surface area contributed by atoms with Gasteiger partial charge in [0, 0.05) is 3.57 Å². The Morgan fingerprint density at radius 3 is 2.25 bits per heavy atom. The highest BCUT2D eigenvalue weighted by Gasteiger charge is 2.21. The normalized spacial score (nSPS) is 11.4. The zero-order valence-electron chi connectivity index (χ0n) is 9.11. The third-order valence-electron chi connectivity index (χ3n) is 1.63. The fraction of sp³-hybridized carbons (Fsp3) is 0.364. The van der Waals surface area contributed by atoms with Crippen LogP contribution in [0.25, 0.3) is 0 Å². The fourth-order valence-electron chi connectivity index (χ4n) is 1.01. The van der Waals surface area contributed by atoms with Crippen molar-refractivity contribution in [2.24, 2.45) is 0 Å². The molecule has 0 radical (unpaired) electrons. The summed E-state index contributed by atoms with van der Waals surface area (Å²) in [5.41, 5.74) is -0.625. The van der Waals surface area contributed by atoms with Crippen LogP contribution < -0.4 is 0 Å². The Labute approximate surface area is 106 Å². The lowest BCUT2D eigenvalue weighted by atomic mass is 10.1. The third-order valence-corrected chi connectivity index (χ3v) is 2.52. The number of carbonyl (C=O) groups is 1. The van der Waals surface area contributed by atoms with Crippen LogP contribution in [0.1, 0.15) is 31.1 Å². The van der Waals surface area contributed by atoms with Gasteiger partial charge in [-0.1, -0.05) is 0 Å². The molecule has 0 aliphatic carbocycles. The summed E-state index contributed by atoms with van der Waals surface area (Å²) in [6.45, 7) is 5.12. The molecule has 0 spiro atoms. The highest BCUT2D eigenvalue weighted by atomic mass is 127. The zero-order valence-corrected chi connectivity index (χ0v) is 11.3. The number of halogens is 3. The van der Waals surface area contributed by atoms with Gasteiger partial charge in [0.25, 0.3) is 0 Å². The molecule has 88 valence electrons. The molecular weight excluding hydrogens is 329 g/mol. The Morgan fingerprint density at radius 1 is 1.25 bits per heavy atom. The predicted octanol–water partition coefficient (Wildman–Crippen LogP) is 3.52. The van der Waals surface area contributed by atoms with Crippen LogP contribution in [0.5, 0.6) is 0 Å². The fourth-order valence-corrected chi connectivity index (χ4v) is 1.66. The highest BCUT2D eigenvalue weighted by Crippen LogP contribution is 2.20. The van der Waals surface area contributed by atoms with Crippen LogP contribution in [-0.2, 0) is 4.74 Å². The molecule has 1 rings (SSSR count). The van der Waals surface area contributed by atoms with E-state index in [1.807, 2.05) is 0 Å². The van der Waals surface area contributed by atoms with Gasteiger partial charge in [-0.15, -0.1) is 0 Å². The van der Waals surface area contributed by atoms with Gasteiger partial charge in [-0.2, -0.15) is 0 Å². The van der Waals surface area contributed by atoms with Crippen LogP contribution in [0, 0.1) is 15.2 Å². The summed E-state index contributed by atoms with van der Waals surface area (Å²) in [6.07, 6.45) is 0. The van der Waals surface area contributed by atoms with E-state index in [4.69, 9.17) is 4.74 Å². The topological polar surface area (TPSA) is 26.3 Å². The van der Waals surface area contributed by atoms with E-state index >= 15 is 0 Å². The molecule has 0 saturated carbocycles. The van der Waals surface area contributed by atoms with Crippen molar-refractivity contribution in [3.8, 4) is 0 Å². The Balaban J connectivity index is 3.05. The van der Waals surface area contributed by atoms with Crippen molar-refractivity contribution in [1.82, 2.24) is 0 Å². The molecule has 0 unspecified atom stereocenters. The van der Waals surface area contributed by atoms with Crippen molar-refractivity contribution in [2.75, 3.05) is 0 Å². The average Bonchev–Trinajstić information content (AvgIpc) is 2.08. The van der Waals surface area contributed by atoms with Gasteiger partial charge in [-0.25, -0.2) is 13.6 Å². The largest absolute Gasteiger partial charge is 0.456 e. The van der Waals surface area contributed by atoms with Crippen LogP contribution >= 0.6 is 22.6 Å². The van der Waals surface area contributed by atoms with Gasteiger partial charge in [0.2, 0.25) is 0 Å². The molecule has 0 bridgehead atoms. The lowest BCUT2D eigenvalue weighted by molar-refractivity contribution is 0.00677. The maximum absolute atomic E-state index is 13.0. The Hall–Kier alpha value is -0.720. The van der Waals surface area contributed by atoms with Crippen molar-refractivity contribution < 1.29 is 18.3 Å². The van der Waals surface area contributed by atoms with Gasteiger partial charge >= 0.3 is 5.97 Å². The summed E-state index contributed by atoms with van der Waals surface area (Å²) in [5, 5.41) is 0. The van der Waals surface area contributed by atoms with E-state index in [-0.39, 0.29) is 5.56 Å². The van der Waals surface area contributed by atoms with Crippen molar-refractivity contribution in [2.45, 2.75) is 26.4 Å². The second-order valence-corrected chi connectivity index (χ2v) is 5.41. The Morgan fingerprint density at radius 2 is 1.75 bits per heavy atom. The quantitative estimate of drug-likeness (QED) is 0.444. The van der Waals surface area contributed by atoms with Gasteiger partial charge in [-0.3, -0.25) is 0 Å². The van der Waals surface area contributed by atoms with E-state index in [0.29, 0.717) is 3.57 Å². The summed E-state index contributed by atoms with van der Waals surface area (Å²) in [5.74, 6) is -2.69. The smallest absolute Gasteiger partial charge is 0.339 e. The highest BCUT2D eigenvalue weighted by molar-refractivity contribution is 14.1. The van der Waals surface area contributed by atoms with Crippen molar-refractivity contribution in [3.63, 3.8) is 0 Å². The SMILES string of the molecule is CC(C)(C)OC(=O)c1cc(F)c(F)cc1I. The van der Waals surface area contributed by atoms with Gasteiger partial charge in [0.05, 0.1) is 5.56 Å². The molecule has 16 heavy (non-hydrogen) atoms. The number of hydrogen-bond acceptors (Lipinski definition) is 2. The van der Waals surface area contributed by atoms with Crippen molar-refractivity contribution in [1.29, 1.82) is 0 Å². The summed E-state index contributed by atoms with van der Waals surface area (Å²) >= 11 is 1.76. The Kier molecular flexibility index (Phi) is 3.88. The van der Waals surface area contributed by atoms with Crippen molar-refractivity contribution in [3.05, 3.63) is 32.9 Å². The molecule has 0 fully saturated rings. The molecule has 0 aliphatic heterocycles. The average molecular weight is 340 g/mol. The molecule has 0 amide bonds. The van der Waals surface area contributed by atoms with E-state index < -0.39 is 23.2 Å². The Bertz CT molecular complexity index is 425. The van der Waals surface area contributed by atoms with E-state index in [0.717, 1.165) is 12.1 Å². The van der Waals surface area contributed by atoms with Gasteiger partial charge < -0.3 is 4.74 Å². The second kappa shape index (κ2) is 4.65. The van der Waals surface area contributed by atoms with Crippen LogP contribution in [0.3, 0.4) is 0 Å². The lowest BCUT2D eigenvalue weighted by Crippen LogP contribution is -2.24. The summed E-state index contributed by atoms with van der Waals surface area (Å²) in [7, 11) is 0. The van der Waals surface area contributed by atoms with E-state index in [2.05, 4.69) is 0 Å². The molecule has 0 saturated heterocycles.